The molecule has 84 heavy (non-hydrogen) atoms. The second kappa shape index (κ2) is 30.3. The van der Waals surface area contributed by atoms with Crippen molar-refractivity contribution in [2.45, 2.75) is 126 Å². The fourth-order valence-electron chi connectivity index (χ4n) is 10.7. The molecule has 0 radical (unpaired) electrons. The Hall–Kier alpha value is -6.08. The topological polar surface area (TPSA) is 366 Å². The molecular weight excluding hydrogens is 1160 g/mol. The van der Waals surface area contributed by atoms with Crippen LogP contribution in [0.2, 0.25) is 0 Å². The van der Waals surface area contributed by atoms with Gasteiger partial charge in [-0.15, -0.1) is 5.06 Å². The van der Waals surface area contributed by atoms with E-state index in [0.717, 1.165) is 25.0 Å². The predicted molar refractivity (Wildman–Crippen MR) is 306 cm³/mol. The van der Waals surface area contributed by atoms with Crippen LogP contribution in [0.15, 0.2) is 63.6 Å². The summed E-state index contributed by atoms with van der Waals surface area (Å²) in [7, 11) is -10.1. The second-order valence-corrected chi connectivity index (χ2v) is 24.8. The van der Waals surface area contributed by atoms with Crippen LogP contribution in [0.3, 0.4) is 0 Å². The fraction of sp³-hybridized carbons (Fsp3) is 0.554. The number of hydrogen-bond donors (Lipinski definition) is 6. The minimum absolute atomic E-state index is 0.0319. The summed E-state index contributed by atoms with van der Waals surface area (Å²) in [5, 5.41) is 6.73. The lowest BCUT2D eigenvalue weighted by Crippen LogP contribution is -2.40. The normalized spacial score (nSPS) is 19.8. The van der Waals surface area contributed by atoms with Gasteiger partial charge in [0.05, 0.1) is 76.0 Å². The molecule has 4 heterocycles. The van der Waals surface area contributed by atoms with E-state index < -0.39 is 82.9 Å². The number of carbonyl (C=O) groups excluding carboxylic acids is 7. The fourth-order valence-corrected chi connectivity index (χ4v) is 13.8. The van der Waals surface area contributed by atoms with Gasteiger partial charge < -0.3 is 55.5 Å². The van der Waals surface area contributed by atoms with E-state index in [9.17, 15) is 59.5 Å². The molecule has 4 aliphatic heterocycles. The number of fused-ring (bicyclic) bond motifs is 3. The number of nitrogens with zero attached hydrogens (tertiary/aromatic N) is 2. The summed E-state index contributed by atoms with van der Waals surface area (Å²) in [6.07, 6.45) is 7.47. The van der Waals surface area contributed by atoms with Crippen molar-refractivity contribution in [3.63, 3.8) is 0 Å². The van der Waals surface area contributed by atoms with Crippen molar-refractivity contribution < 1.29 is 88.0 Å². The smallest absolute Gasteiger partial charge is 0.336 e. The maximum atomic E-state index is 13.5. The van der Waals surface area contributed by atoms with Crippen LogP contribution < -0.4 is 26.8 Å². The third-order valence-corrected chi connectivity index (χ3v) is 18.3. The van der Waals surface area contributed by atoms with E-state index in [1.54, 1.807) is 13.0 Å². The first-order valence-corrected chi connectivity index (χ1v) is 32.0. The lowest BCUT2D eigenvalue weighted by Gasteiger charge is -2.31. The molecule has 2 aromatic carbocycles. The number of unbranched alkanes of at least 4 members (excludes halogenated alkanes) is 2. The Kier molecular flexibility index (Phi) is 23.6. The van der Waals surface area contributed by atoms with Gasteiger partial charge in [0.2, 0.25) is 0 Å². The summed E-state index contributed by atoms with van der Waals surface area (Å²) in [5.74, 6) is -3.94. The van der Waals surface area contributed by atoms with Crippen LogP contribution in [-0.2, 0) is 68.0 Å². The maximum absolute atomic E-state index is 13.5. The number of anilines is 1. The van der Waals surface area contributed by atoms with Crippen LogP contribution in [0.5, 0.6) is 5.75 Å². The van der Waals surface area contributed by atoms with Crippen LogP contribution in [0.4, 0.5) is 10.5 Å². The van der Waals surface area contributed by atoms with Crippen molar-refractivity contribution >= 4 is 84.5 Å². The number of likely N-dealkylation sites (N-methyl/N-ethyl adjacent to an activating group) is 1. The number of nitrogens with one attached hydrogen (secondary N) is 2. The number of hydroxylamine groups is 2. The van der Waals surface area contributed by atoms with Crippen molar-refractivity contribution in [2.24, 2.45) is 11.7 Å². The van der Waals surface area contributed by atoms with Gasteiger partial charge in [0, 0.05) is 91.5 Å². The number of Topliss-reactive ketones (excluding diaryl/α,β-unsaturated/α-hetero) is 2. The Balaban J connectivity index is 0.785. The summed E-state index contributed by atoms with van der Waals surface area (Å²) in [6, 6.07) is 6.29. The van der Waals surface area contributed by atoms with Gasteiger partial charge in [0.15, 0.2) is 16.4 Å². The predicted octanol–water partition coefficient (Wildman–Crippen LogP) is 4.36. The van der Waals surface area contributed by atoms with Crippen LogP contribution in [0.25, 0.3) is 5.57 Å². The third-order valence-electron chi connectivity index (χ3n) is 14.8. The summed E-state index contributed by atoms with van der Waals surface area (Å²) >= 11 is 1.92. The van der Waals surface area contributed by atoms with Gasteiger partial charge in [-0.05, 0) is 81.3 Å². The molecule has 1 unspecified atom stereocenters. The highest BCUT2D eigenvalue weighted by Gasteiger charge is 2.47. The number of thioether (sulfide) groups is 1. The van der Waals surface area contributed by atoms with Gasteiger partial charge in [-0.1, -0.05) is 31.1 Å². The summed E-state index contributed by atoms with van der Waals surface area (Å²) in [6.45, 7) is 6.81. The number of allylic oxidation sites excluding steroid dienone is 1. The number of imide groups is 1. The number of nitrogen functional groups attached to an aromatic ring is 1. The van der Waals surface area contributed by atoms with Gasteiger partial charge in [-0.2, -0.15) is 28.6 Å². The number of urea groups is 1. The molecule has 28 heteroatoms. The number of carbonyl (C=O) groups is 7. The molecule has 0 aromatic heterocycles. The van der Waals surface area contributed by atoms with Gasteiger partial charge >= 0.3 is 12.0 Å². The Labute approximate surface area is 492 Å². The van der Waals surface area contributed by atoms with E-state index in [1.807, 2.05) is 23.6 Å². The highest BCUT2D eigenvalue weighted by molar-refractivity contribution is 8.00. The number of nitrogens with two attached hydrogens (primary N) is 2. The molecule has 7 rings (SSSR count). The molecule has 5 amide bonds. The molecule has 2 aromatic rings. The lowest BCUT2D eigenvalue weighted by atomic mass is 9.85. The van der Waals surface area contributed by atoms with Crippen LogP contribution >= 0.6 is 11.8 Å². The maximum Gasteiger partial charge on any atom is 0.336 e. The standard InChI is InChI=1S/C56H74N6O19S3/c1-3-61-49-44(60-56(61)69)33-82-45(49)12-5-4-10-37(63)11-8-23-76-25-27-78-29-30-79-28-26-77-24-21-38(64)32-36(55(68)81-62-46(65)19-20-47(62)66)9-6-7-22-59-54(67)35-13-14-39(34(2)31-35)48-40-15-17-42(57)52(83(70,71)72)50(40)80-51-41(48)16-18-43(58)53(51)84(73,74)75/h13-18,31,36,42,44-45,49H,3-12,19-30,32-33,57-58H2,1-2H3,(H,59,67)(H,60,69)(H,70,71,72)(H,73,74,75)/t36-,42?,44+,45+,49+/m1/s1. The largest absolute Gasteiger partial charge is 0.453 e. The number of hydrogen-bond acceptors (Lipinski definition) is 20. The lowest BCUT2D eigenvalue weighted by molar-refractivity contribution is -0.201. The highest BCUT2D eigenvalue weighted by Crippen LogP contribution is 2.49. The minimum Gasteiger partial charge on any atom is -0.453 e. The summed E-state index contributed by atoms with van der Waals surface area (Å²) in [5.41, 5.74) is 13.0. The van der Waals surface area contributed by atoms with E-state index in [-0.39, 0.29) is 110 Å². The molecule has 5 aliphatic rings. The summed E-state index contributed by atoms with van der Waals surface area (Å²) in [4.78, 5) is 94.4. The third kappa shape index (κ3) is 17.1. The zero-order valence-corrected chi connectivity index (χ0v) is 49.5. The van der Waals surface area contributed by atoms with Gasteiger partial charge in [-0.25, -0.2) is 9.59 Å². The molecule has 8 N–H and O–H groups in total. The first-order chi connectivity index (χ1) is 40.1. The first-order valence-electron chi connectivity index (χ1n) is 28.1. The summed E-state index contributed by atoms with van der Waals surface area (Å²) < 4.78 is 98.8. The van der Waals surface area contributed by atoms with E-state index in [1.165, 1.54) is 36.4 Å². The van der Waals surface area contributed by atoms with Crippen LogP contribution in [0, 0.1) is 12.8 Å². The zero-order valence-electron chi connectivity index (χ0n) is 47.0. The number of rotatable bonds is 35. The van der Waals surface area contributed by atoms with Crippen LogP contribution in [-0.4, -0.2) is 172 Å². The molecule has 0 saturated carbocycles. The monoisotopic (exact) mass is 1230 g/mol. The van der Waals surface area contributed by atoms with Crippen molar-refractivity contribution in [2.75, 3.05) is 77.4 Å². The molecule has 0 spiro atoms. The quantitative estimate of drug-likeness (QED) is 0.0183. The van der Waals surface area contributed by atoms with E-state index in [4.69, 9.17) is 40.0 Å². The van der Waals surface area contributed by atoms with Gasteiger partial charge in [0.25, 0.3) is 38.0 Å². The van der Waals surface area contributed by atoms with Crippen molar-refractivity contribution in [3.05, 3.63) is 81.0 Å². The highest BCUT2D eigenvalue weighted by atomic mass is 32.2. The van der Waals surface area contributed by atoms with Gasteiger partial charge in [0.1, 0.15) is 16.5 Å². The Bertz CT molecular complexity index is 3110. The molecule has 1 aliphatic carbocycles. The Morgan fingerprint density at radius 3 is 2.13 bits per heavy atom. The molecule has 0 bridgehead atoms. The average Bonchev–Trinajstić information content (AvgIpc) is 1.57. The van der Waals surface area contributed by atoms with Crippen molar-refractivity contribution in [3.8, 4) is 5.75 Å². The Morgan fingerprint density at radius 2 is 1.48 bits per heavy atom. The van der Waals surface area contributed by atoms with Gasteiger partial charge in [-0.3, -0.25) is 33.1 Å². The van der Waals surface area contributed by atoms with E-state index in [2.05, 4.69) is 10.6 Å². The molecule has 460 valence electrons. The number of amides is 5. The SMILES string of the molecule is CCN1C(=O)N[C@H]2CS[C@@H](CCCCC(=O)CCCOCCOCCOCCOCCC(=O)C[C@@H](CCCCNC(=O)c3ccc(C4=C5C=CC(N)C(S(=O)(=O)O)=C5Oc5c4ccc(N)c5S(=O)(=O)O)c(C)c3)C(=O)ON3C(=O)CCC3=O)[C@H]21. The first kappa shape index (κ1) is 65.5. The van der Waals surface area contributed by atoms with Crippen LogP contribution in [0.1, 0.15) is 117 Å². The molecule has 5 atom stereocenters. The zero-order chi connectivity index (χ0) is 60.7. The average molecular weight is 1230 g/mol. The molecule has 25 nitrogen and oxygen atoms in total. The number of ketones is 2. The molecule has 3 fully saturated rings. The second-order valence-electron chi connectivity index (χ2n) is 20.8. The number of aryl methyl sites for hydroxylation is 1. The van der Waals surface area contributed by atoms with E-state index >= 15 is 0 Å². The number of ether oxygens (including phenoxy) is 5. The van der Waals surface area contributed by atoms with Crippen molar-refractivity contribution in [1.29, 1.82) is 0 Å². The number of benzene rings is 2. The minimum atomic E-state index is -5.06. The van der Waals surface area contributed by atoms with Crippen molar-refractivity contribution in [1.82, 2.24) is 20.6 Å². The molecular formula is C56H74N6O19S3. The van der Waals surface area contributed by atoms with E-state index in [0.29, 0.717) is 93.1 Å². The molecule has 3 saturated heterocycles. The Morgan fingerprint density at radius 1 is 0.821 bits per heavy atom.